The molecule has 0 saturated heterocycles. The lowest BCUT2D eigenvalue weighted by Crippen LogP contribution is -2.52. The second-order valence-electron chi connectivity index (χ2n) is 4.52. The number of nitrogens with two attached hydrogens (primary N) is 2. The van der Waals surface area contributed by atoms with Gasteiger partial charge in [0, 0.05) is 11.9 Å². The first-order valence-electron chi connectivity index (χ1n) is 6.10. The average molecular weight is 245 g/mol. The third-order valence-corrected chi connectivity index (χ3v) is 2.87. The van der Waals surface area contributed by atoms with Gasteiger partial charge in [-0.3, -0.25) is 10.7 Å². The number of rotatable bonds is 3. The molecule has 2 heterocycles. The molecule has 0 spiro atoms. The highest BCUT2D eigenvalue weighted by atomic mass is 15.3. The molecule has 1 aromatic rings. The zero-order valence-corrected chi connectivity index (χ0v) is 10.8. The van der Waals surface area contributed by atoms with Crippen LogP contribution in [-0.2, 0) is 5.79 Å². The van der Waals surface area contributed by atoms with Crippen LogP contribution < -0.4 is 16.8 Å². The Labute approximate surface area is 107 Å². The highest BCUT2D eigenvalue weighted by Gasteiger charge is 2.32. The molecule has 0 aliphatic carbocycles. The van der Waals surface area contributed by atoms with Gasteiger partial charge in [-0.1, -0.05) is 19.4 Å². The lowest BCUT2D eigenvalue weighted by atomic mass is 10.1. The van der Waals surface area contributed by atoms with E-state index in [0.29, 0.717) is 11.5 Å². The van der Waals surface area contributed by atoms with E-state index >= 15 is 0 Å². The van der Waals surface area contributed by atoms with Crippen LogP contribution in [0, 0.1) is 6.92 Å². The molecule has 0 radical (unpaired) electrons. The largest absolute Gasteiger partial charge is 0.384 e. The molecule has 0 bridgehead atoms. The third kappa shape index (κ3) is 2.36. The van der Waals surface area contributed by atoms with Crippen LogP contribution in [0.5, 0.6) is 0 Å². The second kappa shape index (κ2) is 4.78. The summed E-state index contributed by atoms with van der Waals surface area (Å²) < 4.78 is 0. The number of nitrogens with one attached hydrogen (secondary N) is 1. The fraction of sp³-hybridized carbons (Fsp3) is 0.385. The Kier molecular flexibility index (Phi) is 3.34. The molecule has 96 valence electrons. The van der Waals surface area contributed by atoms with E-state index in [4.69, 9.17) is 11.5 Å². The Morgan fingerprint density at radius 1 is 1.44 bits per heavy atom. The Morgan fingerprint density at radius 2 is 2.22 bits per heavy atom. The number of aryl methyl sites for hydroxylation is 1. The Bertz CT molecular complexity index is 506. The number of pyridine rings is 1. The number of aliphatic imine (C=N–C) groups is 1. The van der Waals surface area contributed by atoms with Crippen LogP contribution in [0.2, 0.25) is 0 Å². The van der Waals surface area contributed by atoms with Crippen molar-refractivity contribution in [1.82, 2.24) is 10.3 Å². The molecule has 18 heavy (non-hydrogen) atoms. The summed E-state index contributed by atoms with van der Waals surface area (Å²) in [7, 11) is 0. The van der Waals surface area contributed by atoms with E-state index in [0.717, 1.165) is 24.1 Å². The molecule has 5 nitrogen and oxygen atoms in total. The van der Waals surface area contributed by atoms with E-state index in [-0.39, 0.29) is 0 Å². The molecule has 0 amide bonds. The van der Waals surface area contributed by atoms with Crippen molar-refractivity contribution >= 4 is 5.84 Å². The predicted molar refractivity (Wildman–Crippen MR) is 72.6 cm³/mol. The first kappa shape index (κ1) is 12.6. The van der Waals surface area contributed by atoms with Gasteiger partial charge in [-0.15, -0.1) is 0 Å². The van der Waals surface area contributed by atoms with E-state index in [1.807, 2.05) is 25.1 Å². The molecular weight excluding hydrogens is 226 g/mol. The quantitative estimate of drug-likeness (QED) is 0.744. The number of nitrogens with zero attached hydrogens (tertiary/aromatic N) is 2. The van der Waals surface area contributed by atoms with Crippen molar-refractivity contribution in [2.45, 2.75) is 32.5 Å². The number of hydrogen-bond donors (Lipinski definition) is 3. The standard InChI is InChI=1S/C13H19N5/c1-3-5-10-8-11(14)18-13(15,17-10)12-9(2)6-4-7-16-12/h4,6-8,17H,3,5,15H2,1-2H3,(H2,14,18). The summed E-state index contributed by atoms with van der Waals surface area (Å²) in [6.07, 6.45) is 5.44. The molecular formula is C13H19N5. The van der Waals surface area contributed by atoms with Crippen molar-refractivity contribution in [1.29, 1.82) is 0 Å². The van der Waals surface area contributed by atoms with Crippen molar-refractivity contribution in [3.05, 3.63) is 41.4 Å². The van der Waals surface area contributed by atoms with E-state index in [9.17, 15) is 0 Å². The fourth-order valence-corrected chi connectivity index (χ4v) is 2.12. The lowest BCUT2D eigenvalue weighted by molar-refractivity contribution is 0.373. The van der Waals surface area contributed by atoms with Crippen LogP contribution in [0.25, 0.3) is 0 Å². The second-order valence-corrected chi connectivity index (χ2v) is 4.52. The summed E-state index contributed by atoms with van der Waals surface area (Å²) in [6, 6.07) is 3.84. The smallest absolute Gasteiger partial charge is 0.228 e. The number of hydrogen-bond acceptors (Lipinski definition) is 5. The van der Waals surface area contributed by atoms with Gasteiger partial charge in [0.1, 0.15) is 11.5 Å². The van der Waals surface area contributed by atoms with Crippen molar-refractivity contribution in [3.63, 3.8) is 0 Å². The highest BCUT2D eigenvalue weighted by Crippen LogP contribution is 2.23. The Balaban J connectivity index is 2.39. The van der Waals surface area contributed by atoms with Crippen molar-refractivity contribution in [2.24, 2.45) is 16.5 Å². The minimum Gasteiger partial charge on any atom is -0.384 e. The molecule has 0 fully saturated rings. The van der Waals surface area contributed by atoms with Crippen LogP contribution in [-0.4, -0.2) is 10.8 Å². The third-order valence-electron chi connectivity index (χ3n) is 2.87. The van der Waals surface area contributed by atoms with Gasteiger partial charge < -0.3 is 11.1 Å². The highest BCUT2D eigenvalue weighted by molar-refractivity contribution is 5.93. The summed E-state index contributed by atoms with van der Waals surface area (Å²) in [4.78, 5) is 8.63. The van der Waals surface area contributed by atoms with Crippen LogP contribution >= 0.6 is 0 Å². The maximum absolute atomic E-state index is 6.31. The summed E-state index contributed by atoms with van der Waals surface area (Å²) >= 11 is 0. The van der Waals surface area contributed by atoms with Gasteiger partial charge >= 0.3 is 0 Å². The topological polar surface area (TPSA) is 89.3 Å². The predicted octanol–water partition coefficient (Wildman–Crippen LogP) is 1.10. The van der Waals surface area contributed by atoms with E-state index in [1.165, 1.54) is 0 Å². The zero-order valence-electron chi connectivity index (χ0n) is 10.8. The van der Waals surface area contributed by atoms with Crippen molar-refractivity contribution in [3.8, 4) is 0 Å². The molecule has 5 heteroatoms. The fourth-order valence-electron chi connectivity index (χ4n) is 2.12. The van der Waals surface area contributed by atoms with Crippen molar-refractivity contribution < 1.29 is 0 Å². The molecule has 1 atom stereocenters. The molecule has 1 aromatic heterocycles. The zero-order chi connectivity index (χ0) is 13.2. The maximum Gasteiger partial charge on any atom is 0.228 e. The van der Waals surface area contributed by atoms with Gasteiger partial charge in [-0.25, -0.2) is 4.99 Å². The van der Waals surface area contributed by atoms with E-state index in [2.05, 4.69) is 22.2 Å². The molecule has 0 saturated carbocycles. The Morgan fingerprint density at radius 3 is 2.89 bits per heavy atom. The number of amidine groups is 1. The monoisotopic (exact) mass is 245 g/mol. The first-order chi connectivity index (χ1) is 8.55. The van der Waals surface area contributed by atoms with Gasteiger partial charge in [0.15, 0.2) is 0 Å². The number of aromatic nitrogens is 1. The molecule has 5 N–H and O–H groups in total. The van der Waals surface area contributed by atoms with Gasteiger partial charge in [-0.05, 0) is 31.1 Å². The SMILES string of the molecule is CCCC1=CC(N)=NC(N)(c2ncccc2C)N1. The van der Waals surface area contributed by atoms with Gasteiger partial charge in [-0.2, -0.15) is 0 Å². The molecule has 2 rings (SSSR count). The van der Waals surface area contributed by atoms with E-state index < -0.39 is 5.79 Å². The number of allylic oxidation sites excluding steroid dienone is 1. The first-order valence-corrected chi connectivity index (χ1v) is 6.10. The maximum atomic E-state index is 6.31. The minimum atomic E-state index is -1.06. The summed E-state index contributed by atoms with van der Waals surface area (Å²) in [5, 5.41) is 3.23. The Hall–Kier alpha value is -1.88. The lowest BCUT2D eigenvalue weighted by Gasteiger charge is -2.32. The van der Waals surface area contributed by atoms with Gasteiger partial charge in [0.2, 0.25) is 5.79 Å². The molecule has 1 aliphatic rings. The molecule has 1 aliphatic heterocycles. The van der Waals surface area contributed by atoms with Crippen LogP contribution in [0.3, 0.4) is 0 Å². The van der Waals surface area contributed by atoms with Crippen LogP contribution in [0.15, 0.2) is 35.1 Å². The van der Waals surface area contributed by atoms with Crippen molar-refractivity contribution in [2.75, 3.05) is 0 Å². The molecule has 0 aromatic carbocycles. The van der Waals surface area contributed by atoms with Crippen LogP contribution in [0.4, 0.5) is 0 Å². The van der Waals surface area contributed by atoms with Gasteiger partial charge in [0.05, 0.1) is 0 Å². The van der Waals surface area contributed by atoms with Crippen LogP contribution in [0.1, 0.15) is 31.0 Å². The summed E-state index contributed by atoms with van der Waals surface area (Å²) in [5.41, 5.74) is 14.8. The van der Waals surface area contributed by atoms with Gasteiger partial charge in [0.25, 0.3) is 0 Å². The summed E-state index contributed by atoms with van der Waals surface area (Å²) in [5.74, 6) is -0.626. The van der Waals surface area contributed by atoms with E-state index in [1.54, 1.807) is 6.20 Å². The summed E-state index contributed by atoms with van der Waals surface area (Å²) in [6.45, 7) is 4.07. The minimum absolute atomic E-state index is 0.435. The normalized spacial score (nSPS) is 23.1. The average Bonchev–Trinajstić information content (AvgIpc) is 2.28. The molecule has 1 unspecified atom stereocenters.